The van der Waals surface area contributed by atoms with Crippen LogP contribution in [-0.2, 0) is 9.53 Å². The zero-order valence-electron chi connectivity index (χ0n) is 10.5. The summed E-state index contributed by atoms with van der Waals surface area (Å²) in [6.07, 6.45) is 1.50. The van der Waals surface area contributed by atoms with Crippen LogP contribution in [0.1, 0.15) is 12.5 Å². The van der Waals surface area contributed by atoms with E-state index in [9.17, 15) is 4.79 Å². The first-order chi connectivity index (χ1) is 9.13. The van der Waals surface area contributed by atoms with Crippen molar-refractivity contribution < 1.29 is 14.3 Å². The number of nitrogens with one attached hydrogen (secondary N) is 1. The summed E-state index contributed by atoms with van der Waals surface area (Å²) in [4.78, 5) is 11.2. The Morgan fingerprint density at radius 2 is 2.26 bits per heavy atom. The SMILES string of the molecule is CCOC(=O)COc1ccccc1/C=N/NC(N)=S. The minimum absolute atomic E-state index is 0.0705. The third-order valence-electron chi connectivity index (χ3n) is 1.95. The van der Waals surface area contributed by atoms with Crippen molar-refractivity contribution >= 4 is 29.5 Å². The quantitative estimate of drug-likeness (QED) is 0.347. The van der Waals surface area contributed by atoms with E-state index in [1.165, 1.54) is 6.21 Å². The summed E-state index contributed by atoms with van der Waals surface area (Å²) < 4.78 is 10.1. The molecule has 0 aromatic heterocycles. The Morgan fingerprint density at radius 1 is 1.53 bits per heavy atom. The zero-order chi connectivity index (χ0) is 14.1. The number of ether oxygens (including phenoxy) is 2. The average molecular weight is 281 g/mol. The second-order valence-electron chi connectivity index (χ2n) is 3.37. The molecule has 0 saturated carbocycles. The van der Waals surface area contributed by atoms with Gasteiger partial charge in [-0.3, -0.25) is 5.43 Å². The fourth-order valence-electron chi connectivity index (χ4n) is 1.22. The minimum Gasteiger partial charge on any atom is -0.481 e. The van der Waals surface area contributed by atoms with Gasteiger partial charge in [-0.1, -0.05) is 12.1 Å². The number of thiocarbonyl (C=S) groups is 1. The lowest BCUT2D eigenvalue weighted by Crippen LogP contribution is -2.24. The maximum atomic E-state index is 11.2. The molecule has 0 fully saturated rings. The Morgan fingerprint density at radius 3 is 2.95 bits per heavy atom. The number of para-hydroxylation sites is 1. The van der Waals surface area contributed by atoms with Crippen LogP contribution in [0.4, 0.5) is 0 Å². The van der Waals surface area contributed by atoms with Crippen molar-refractivity contribution in [2.24, 2.45) is 10.8 Å². The molecule has 0 saturated heterocycles. The summed E-state index contributed by atoms with van der Waals surface area (Å²) in [6, 6.07) is 7.12. The molecular weight excluding hydrogens is 266 g/mol. The van der Waals surface area contributed by atoms with Crippen molar-refractivity contribution in [3.63, 3.8) is 0 Å². The first kappa shape index (κ1) is 14.9. The Balaban J connectivity index is 2.65. The number of nitrogens with zero attached hydrogens (tertiary/aromatic N) is 1. The van der Waals surface area contributed by atoms with Crippen molar-refractivity contribution in [1.82, 2.24) is 5.43 Å². The molecule has 1 aromatic rings. The topological polar surface area (TPSA) is 85.9 Å². The van der Waals surface area contributed by atoms with Gasteiger partial charge in [0, 0.05) is 5.56 Å². The van der Waals surface area contributed by atoms with Gasteiger partial charge in [0.2, 0.25) is 0 Å². The van der Waals surface area contributed by atoms with E-state index in [1.54, 1.807) is 25.1 Å². The molecule has 1 aromatic carbocycles. The molecule has 0 spiro atoms. The Hall–Kier alpha value is -2.15. The second-order valence-corrected chi connectivity index (χ2v) is 3.81. The van der Waals surface area contributed by atoms with Crippen molar-refractivity contribution in [3.05, 3.63) is 29.8 Å². The Kier molecular flexibility index (Phi) is 6.31. The summed E-state index contributed by atoms with van der Waals surface area (Å²) in [5.41, 5.74) is 8.37. The summed E-state index contributed by atoms with van der Waals surface area (Å²) in [7, 11) is 0. The molecule has 0 radical (unpaired) electrons. The van der Waals surface area contributed by atoms with E-state index in [0.29, 0.717) is 17.9 Å². The Bertz CT molecular complexity index is 477. The second kappa shape index (κ2) is 8.04. The van der Waals surface area contributed by atoms with Crippen LogP contribution in [0.25, 0.3) is 0 Å². The number of carbonyl (C=O) groups is 1. The number of esters is 1. The van der Waals surface area contributed by atoms with Gasteiger partial charge in [-0.15, -0.1) is 0 Å². The highest BCUT2D eigenvalue weighted by Gasteiger charge is 2.05. The van der Waals surface area contributed by atoms with Gasteiger partial charge in [0.15, 0.2) is 11.7 Å². The monoisotopic (exact) mass is 281 g/mol. The molecule has 0 aliphatic heterocycles. The maximum absolute atomic E-state index is 11.2. The van der Waals surface area contributed by atoms with E-state index in [-0.39, 0.29) is 11.7 Å². The maximum Gasteiger partial charge on any atom is 0.344 e. The normalized spacial score (nSPS) is 10.2. The molecule has 3 N–H and O–H groups in total. The molecule has 1 rings (SSSR count). The number of carbonyl (C=O) groups excluding carboxylic acids is 1. The van der Waals surface area contributed by atoms with Gasteiger partial charge in [0.1, 0.15) is 5.75 Å². The predicted molar refractivity (Wildman–Crippen MR) is 76.1 cm³/mol. The highest BCUT2D eigenvalue weighted by Crippen LogP contribution is 2.15. The van der Waals surface area contributed by atoms with Gasteiger partial charge < -0.3 is 15.2 Å². The van der Waals surface area contributed by atoms with Gasteiger partial charge in [-0.2, -0.15) is 5.10 Å². The minimum atomic E-state index is -0.421. The van der Waals surface area contributed by atoms with E-state index >= 15 is 0 Å². The summed E-state index contributed by atoms with van der Waals surface area (Å²) in [5, 5.41) is 3.90. The fraction of sp³-hybridized carbons (Fsp3) is 0.250. The third-order valence-corrected chi connectivity index (χ3v) is 2.04. The van der Waals surface area contributed by atoms with Gasteiger partial charge in [-0.05, 0) is 31.3 Å². The largest absolute Gasteiger partial charge is 0.481 e. The molecule has 0 aliphatic carbocycles. The van der Waals surface area contributed by atoms with Gasteiger partial charge in [0.05, 0.1) is 12.8 Å². The molecule has 19 heavy (non-hydrogen) atoms. The van der Waals surface area contributed by atoms with Crippen LogP contribution >= 0.6 is 12.2 Å². The third kappa shape index (κ3) is 5.82. The van der Waals surface area contributed by atoms with Gasteiger partial charge in [-0.25, -0.2) is 4.79 Å². The summed E-state index contributed by atoms with van der Waals surface area (Å²) in [6.45, 7) is 1.91. The van der Waals surface area contributed by atoms with Crippen LogP contribution < -0.4 is 15.9 Å². The number of hydrogen-bond acceptors (Lipinski definition) is 5. The average Bonchev–Trinajstić information content (AvgIpc) is 2.37. The van der Waals surface area contributed by atoms with Gasteiger partial charge in [0.25, 0.3) is 0 Å². The van der Waals surface area contributed by atoms with Crippen LogP contribution in [0.5, 0.6) is 5.75 Å². The van der Waals surface area contributed by atoms with Crippen molar-refractivity contribution in [3.8, 4) is 5.75 Å². The number of hydrogen-bond donors (Lipinski definition) is 2. The van der Waals surface area contributed by atoms with Crippen LogP contribution in [0.3, 0.4) is 0 Å². The first-order valence-corrected chi connectivity index (χ1v) is 6.00. The lowest BCUT2D eigenvalue weighted by atomic mass is 10.2. The lowest BCUT2D eigenvalue weighted by molar-refractivity contribution is -0.145. The predicted octanol–water partition coefficient (Wildman–Crippen LogP) is 0.796. The van der Waals surface area contributed by atoms with Crippen molar-refractivity contribution in [1.29, 1.82) is 0 Å². The molecule has 6 nitrogen and oxygen atoms in total. The van der Waals surface area contributed by atoms with Crippen LogP contribution in [-0.4, -0.2) is 30.5 Å². The standard InChI is InChI=1S/C12H15N3O3S/c1-2-17-11(16)8-18-10-6-4-3-5-9(10)7-14-15-12(13)19/h3-7H,2,8H2,1H3,(H3,13,15,19)/b14-7+. The van der Waals surface area contributed by atoms with Crippen molar-refractivity contribution in [2.45, 2.75) is 6.92 Å². The molecule has 0 atom stereocenters. The van der Waals surface area contributed by atoms with Crippen LogP contribution in [0.15, 0.2) is 29.4 Å². The van der Waals surface area contributed by atoms with E-state index < -0.39 is 5.97 Å². The summed E-state index contributed by atoms with van der Waals surface area (Å²) in [5.74, 6) is 0.0968. The number of nitrogens with two attached hydrogens (primary N) is 1. The number of rotatable bonds is 6. The molecule has 0 aliphatic rings. The zero-order valence-corrected chi connectivity index (χ0v) is 11.3. The molecular formula is C12H15N3O3S. The molecule has 102 valence electrons. The van der Waals surface area contributed by atoms with E-state index in [0.717, 1.165) is 0 Å². The number of benzene rings is 1. The molecule has 7 heteroatoms. The lowest BCUT2D eigenvalue weighted by Gasteiger charge is -2.08. The molecule has 0 unspecified atom stereocenters. The van der Waals surface area contributed by atoms with Crippen molar-refractivity contribution in [2.75, 3.05) is 13.2 Å². The highest BCUT2D eigenvalue weighted by atomic mass is 32.1. The fourth-order valence-corrected chi connectivity index (χ4v) is 1.28. The molecule has 0 amide bonds. The Labute approximate surface area is 116 Å². The summed E-state index contributed by atoms with van der Waals surface area (Å²) >= 11 is 4.62. The first-order valence-electron chi connectivity index (χ1n) is 5.59. The van der Waals surface area contributed by atoms with E-state index in [2.05, 4.69) is 22.7 Å². The van der Waals surface area contributed by atoms with Gasteiger partial charge >= 0.3 is 5.97 Å². The highest BCUT2D eigenvalue weighted by molar-refractivity contribution is 7.80. The van der Waals surface area contributed by atoms with E-state index in [4.69, 9.17) is 15.2 Å². The molecule has 0 heterocycles. The van der Waals surface area contributed by atoms with Crippen LogP contribution in [0, 0.1) is 0 Å². The smallest absolute Gasteiger partial charge is 0.344 e. The van der Waals surface area contributed by atoms with E-state index in [1.807, 2.05) is 6.07 Å². The number of hydrazone groups is 1. The van der Waals surface area contributed by atoms with Crippen LogP contribution in [0.2, 0.25) is 0 Å². The molecule has 0 bridgehead atoms.